The van der Waals surface area contributed by atoms with Gasteiger partial charge < -0.3 is 10.3 Å². The first-order valence-electron chi connectivity index (χ1n) is 7.84. The number of carbonyl (C=O) groups is 1. The summed E-state index contributed by atoms with van der Waals surface area (Å²) in [6.07, 6.45) is 4.19. The van der Waals surface area contributed by atoms with Crippen LogP contribution in [0.15, 0.2) is 42.7 Å². The van der Waals surface area contributed by atoms with Crippen molar-refractivity contribution in [2.24, 2.45) is 5.92 Å². The number of benzene rings is 1. The summed E-state index contributed by atoms with van der Waals surface area (Å²) < 4.78 is 1.75. The van der Waals surface area contributed by atoms with Gasteiger partial charge in [-0.2, -0.15) is 5.10 Å². The number of hydrogen-bond acceptors (Lipinski definition) is 3. The van der Waals surface area contributed by atoms with Gasteiger partial charge in [0.15, 0.2) is 0 Å². The summed E-state index contributed by atoms with van der Waals surface area (Å²) in [4.78, 5) is 14.3. The molecule has 0 radical (unpaired) electrons. The third kappa shape index (κ3) is 4.06. The lowest BCUT2D eigenvalue weighted by atomic mass is 10.0. The summed E-state index contributed by atoms with van der Waals surface area (Å²) in [5, 5.41) is 12.1. The second kappa shape index (κ2) is 7.22. The van der Waals surface area contributed by atoms with E-state index < -0.39 is 0 Å². The van der Waals surface area contributed by atoms with Crippen molar-refractivity contribution in [3.63, 3.8) is 0 Å². The van der Waals surface area contributed by atoms with Gasteiger partial charge >= 0.3 is 0 Å². The molecule has 0 aliphatic carbocycles. The van der Waals surface area contributed by atoms with Gasteiger partial charge in [0.1, 0.15) is 0 Å². The number of carbonyl (C=O) groups excluding carboxylic acids is 1. The van der Waals surface area contributed by atoms with E-state index in [0.717, 1.165) is 5.69 Å². The van der Waals surface area contributed by atoms with Gasteiger partial charge in [0.2, 0.25) is 0 Å². The second-order valence-corrected chi connectivity index (χ2v) is 6.15. The number of nitrogens with zero attached hydrogens (tertiary/aromatic N) is 3. The second-order valence-electron chi connectivity index (χ2n) is 6.15. The lowest BCUT2D eigenvalue weighted by molar-refractivity contribution is 0.0747. The first-order chi connectivity index (χ1) is 10.9. The summed E-state index contributed by atoms with van der Waals surface area (Å²) in [5.74, 6) is 0.190. The molecule has 0 aliphatic heterocycles. The van der Waals surface area contributed by atoms with Crippen molar-refractivity contribution >= 4 is 11.6 Å². The number of rotatable bonds is 6. The van der Waals surface area contributed by atoms with E-state index in [-0.39, 0.29) is 17.9 Å². The van der Waals surface area contributed by atoms with Crippen LogP contribution in [0.4, 0.5) is 0 Å². The van der Waals surface area contributed by atoms with Crippen molar-refractivity contribution in [3.05, 3.63) is 48.3 Å². The Kier molecular flexibility index (Phi) is 5.32. The molecular weight excluding hydrogens is 288 g/mol. The first-order valence-corrected chi connectivity index (χ1v) is 7.84. The fourth-order valence-corrected chi connectivity index (χ4v) is 2.27. The Bertz CT molecular complexity index is 659. The third-order valence-electron chi connectivity index (χ3n) is 4.08. The number of hydrogen-bond donors (Lipinski definition) is 1. The molecule has 1 aromatic heterocycles. The average molecular weight is 312 g/mol. The minimum atomic E-state index is -0.0268. The first kappa shape index (κ1) is 16.9. The lowest BCUT2D eigenvalue weighted by Crippen LogP contribution is -2.37. The predicted octanol–water partition coefficient (Wildman–Crippen LogP) is 3.40. The maximum absolute atomic E-state index is 12.6. The summed E-state index contributed by atoms with van der Waals surface area (Å²) in [6.45, 7) is 5.99. The average Bonchev–Trinajstić information content (AvgIpc) is 3.07. The molecule has 1 aromatic carbocycles. The summed E-state index contributed by atoms with van der Waals surface area (Å²) in [6, 6.07) is 9.26. The van der Waals surface area contributed by atoms with Crippen molar-refractivity contribution in [2.45, 2.75) is 33.2 Å². The Labute approximate surface area is 137 Å². The molecule has 1 atom stereocenters. The molecule has 1 heterocycles. The van der Waals surface area contributed by atoms with Crippen LogP contribution in [0.3, 0.4) is 0 Å². The molecular formula is C18H24N4O. The van der Waals surface area contributed by atoms with Crippen LogP contribution in [-0.2, 0) is 0 Å². The van der Waals surface area contributed by atoms with E-state index in [1.165, 1.54) is 0 Å². The van der Waals surface area contributed by atoms with Crippen LogP contribution in [0.5, 0.6) is 0 Å². The summed E-state index contributed by atoms with van der Waals surface area (Å²) in [7, 11) is 1.79. The highest BCUT2D eigenvalue weighted by molar-refractivity contribution is 5.95. The van der Waals surface area contributed by atoms with Crippen molar-refractivity contribution in [1.29, 1.82) is 5.41 Å². The smallest absolute Gasteiger partial charge is 0.253 e. The monoisotopic (exact) mass is 312 g/mol. The Morgan fingerprint density at radius 3 is 2.43 bits per heavy atom. The van der Waals surface area contributed by atoms with Gasteiger partial charge in [0, 0.05) is 43.2 Å². The maximum Gasteiger partial charge on any atom is 0.253 e. The third-order valence-corrected chi connectivity index (χ3v) is 4.08. The summed E-state index contributed by atoms with van der Waals surface area (Å²) >= 11 is 0. The number of aromatic nitrogens is 2. The predicted molar refractivity (Wildman–Crippen MR) is 92.3 cm³/mol. The highest BCUT2D eigenvalue weighted by Gasteiger charge is 2.19. The molecule has 1 amide bonds. The molecule has 1 N–H and O–H groups in total. The maximum atomic E-state index is 12.6. The van der Waals surface area contributed by atoms with Gasteiger partial charge in [-0.25, -0.2) is 4.68 Å². The molecule has 23 heavy (non-hydrogen) atoms. The van der Waals surface area contributed by atoms with Crippen LogP contribution >= 0.6 is 0 Å². The van der Waals surface area contributed by atoms with Crippen LogP contribution in [-0.4, -0.2) is 39.4 Å². The molecule has 5 heteroatoms. The highest BCUT2D eigenvalue weighted by Crippen LogP contribution is 2.14. The van der Waals surface area contributed by atoms with E-state index in [0.29, 0.717) is 17.7 Å². The molecule has 0 saturated heterocycles. The molecule has 122 valence electrons. The quantitative estimate of drug-likeness (QED) is 0.831. The van der Waals surface area contributed by atoms with E-state index in [4.69, 9.17) is 5.41 Å². The molecule has 2 rings (SSSR count). The van der Waals surface area contributed by atoms with Crippen LogP contribution in [0, 0.1) is 11.3 Å². The largest absolute Gasteiger partial charge is 0.339 e. The molecule has 0 saturated carbocycles. The van der Waals surface area contributed by atoms with Gasteiger partial charge in [-0.15, -0.1) is 0 Å². The highest BCUT2D eigenvalue weighted by atomic mass is 16.2. The molecule has 0 bridgehead atoms. The van der Waals surface area contributed by atoms with E-state index in [1.807, 2.05) is 57.3 Å². The van der Waals surface area contributed by atoms with Gasteiger partial charge in [0.05, 0.1) is 5.69 Å². The zero-order chi connectivity index (χ0) is 17.0. The lowest BCUT2D eigenvalue weighted by Gasteiger charge is -2.26. The fraction of sp³-hybridized carbons (Fsp3) is 0.389. The van der Waals surface area contributed by atoms with Crippen molar-refractivity contribution in [3.8, 4) is 5.69 Å². The Morgan fingerprint density at radius 1 is 1.26 bits per heavy atom. The molecule has 0 unspecified atom stereocenters. The minimum absolute atomic E-state index is 0.00296. The number of amides is 1. The van der Waals surface area contributed by atoms with Crippen LogP contribution < -0.4 is 0 Å². The van der Waals surface area contributed by atoms with Gasteiger partial charge in [0.25, 0.3) is 5.91 Å². The molecule has 0 fully saturated rings. The Morgan fingerprint density at radius 2 is 1.91 bits per heavy atom. The molecule has 0 aliphatic rings. The molecule has 5 nitrogen and oxygen atoms in total. The van der Waals surface area contributed by atoms with Gasteiger partial charge in [-0.05, 0) is 43.2 Å². The standard InChI is InChI=1S/C18H24N4O/c1-13(2)17(19)12-14(3)21(4)18(23)15-6-8-16(9-7-15)22-11-5-10-20-22/h5-11,13-14,19H,12H2,1-4H3/t14-/m1/s1. The van der Waals surface area contributed by atoms with Crippen molar-refractivity contribution in [2.75, 3.05) is 7.05 Å². The zero-order valence-corrected chi connectivity index (χ0v) is 14.2. The minimum Gasteiger partial charge on any atom is -0.339 e. The van der Waals surface area contributed by atoms with Crippen molar-refractivity contribution < 1.29 is 4.79 Å². The van der Waals surface area contributed by atoms with Gasteiger partial charge in [-0.3, -0.25) is 4.79 Å². The van der Waals surface area contributed by atoms with Crippen molar-refractivity contribution in [1.82, 2.24) is 14.7 Å². The molecule has 2 aromatic rings. The van der Waals surface area contributed by atoms with Gasteiger partial charge in [-0.1, -0.05) is 13.8 Å². The van der Waals surface area contributed by atoms with Crippen LogP contribution in [0.2, 0.25) is 0 Å². The zero-order valence-electron chi connectivity index (χ0n) is 14.2. The van der Waals surface area contributed by atoms with E-state index >= 15 is 0 Å². The number of nitrogens with one attached hydrogen (secondary N) is 1. The van der Waals surface area contributed by atoms with E-state index in [9.17, 15) is 4.79 Å². The van der Waals surface area contributed by atoms with E-state index in [1.54, 1.807) is 22.8 Å². The van der Waals surface area contributed by atoms with Crippen LogP contribution in [0.25, 0.3) is 5.69 Å². The normalized spacial score (nSPS) is 12.2. The topological polar surface area (TPSA) is 62.0 Å². The van der Waals surface area contributed by atoms with E-state index in [2.05, 4.69) is 5.10 Å². The Hall–Kier alpha value is -2.43. The molecule has 0 spiro atoms. The fourth-order valence-electron chi connectivity index (χ4n) is 2.27. The van der Waals surface area contributed by atoms with Crippen LogP contribution in [0.1, 0.15) is 37.6 Å². The summed E-state index contributed by atoms with van der Waals surface area (Å²) in [5.41, 5.74) is 2.24. The SMILES string of the molecule is CC(C)C(=N)C[C@@H](C)N(C)C(=O)c1ccc(-n2cccn2)cc1. The Balaban J connectivity index is 2.06.